The van der Waals surface area contributed by atoms with E-state index in [4.69, 9.17) is 5.10 Å². The van der Waals surface area contributed by atoms with Crippen molar-refractivity contribution in [3.05, 3.63) is 82.8 Å². The Labute approximate surface area is 205 Å². The monoisotopic (exact) mass is 492 g/mol. The molecule has 2 aliphatic rings. The second-order valence-electron chi connectivity index (χ2n) is 9.53. The number of hydrogen-bond donors (Lipinski definition) is 0. The molecule has 6 rings (SSSR count). The van der Waals surface area contributed by atoms with Gasteiger partial charge in [0.05, 0.1) is 17.4 Å². The van der Waals surface area contributed by atoms with Gasteiger partial charge in [0.25, 0.3) is 5.91 Å². The number of aryl methyl sites for hydroxylation is 2. The van der Waals surface area contributed by atoms with E-state index in [1.165, 1.54) is 0 Å². The number of benzene rings is 2. The molecule has 0 radical (unpaired) electrons. The van der Waals surface area contributed by atoms with Crippen molar-refractivity contribution < 1.29 is 18.0 Å². The predicted molar refractivity (Wildman–Crippen MR) is 125 cm³/mol. The molecule has 4 heterocycles. The summed E-state index contributed by atoms with van der Waals surface area (Å²) in [5.74, 6) is -4.06. The van der Waals surface area contributed by atoms with Crippen LogP contribution in [-0.2, 0) is 13.5 Å². The summed E-state index contributed by atoms with van der Waals surface area (Å²) in [4.78, 5) is 15.8. The molecule has 36 heavy (non-hydrogen) atoms. The average Bonchev–Trinajstić information content (AvgIpc) is 3.49. The van der Waals surface area contributed by atoms with Gasteiger partial charge in [0.1, 0.15) is 12.7 Å². The minimum atomic E-state index is -1.49. The minimum absolute atomic E-state index is 0.0827. The topological polar surface area (TPSA) is 68.8 Å². The maximum atomic E-state index is 14.0. The van der Waals surface area contributed by atoms with Crippen LogP contribution in [-0.4, -0.2) is 41.4 Å². The average molecular weight is 493 g/mol. The minimum Gasteiger partial charge on any atom is -0.327 e. The van der Waals surface area contributed by atoms with Crippen LogP contribution in [0.3, 0.4) is 0 Å². The summed E-state index contributed by atoms with van der Waals surface area (Å²) in [6.07, 6.45) is 6.17. The third-order valence-corrected chi connectivity index (χ3v) is 7.19. The van der Waals surface area contributed by atoms with Crippen LogP contribution in [0.15, 0.2) is 43.0 Å². The Morgan fingerprint density at radius 2 is 1.72 bits per heavy atom. The van der Waals surface area contributed by atoms with Gasteiger partial charge in [-0.3, -0.25) is 14.0 Å². The lowest BCUT2D eigenvalue weighted by Crippen LogP contribution is -2.49. The molecular weight excluding hydrogens is 469 g/mol. The number of halogens is 3. The van der Waals surface area contributed by atoms with Gasteiger partial charge in [0, 0.05) is 35.5 Å². The first-order valence-corrected chi connectivity index (χ1v) is 11.8. The standard InChI is InChI=1S/C26H23F3N6O/c1-14-6-16(8-18(7-14)34-12-30-31-13-34)26(36)35-17-4-3-5-22(35)24-19(11-17)25(33(2)32-24)15-9-20(27)23(29)21(28)10-15/h6-10,12-13,17,22H,3-5,11H2,1-2H3/t17-,22-/m1/s1. The molecule has 0 saturated carbocycles. The SMILES string of the molecule is Cc1cc(C(=O)N2[C@@H]3CCC[C@@H]2c2nn(C)c(-c4cc(F)c(F)c(F)c4)c2C3)cc(-n2cnnc2)c1. The highest BCUT2D eigenvalue weighted by Gasteiger charge is 2.43. The van der Waals surface area contributed by atoms with E-state index in [0.29, 0.717) is 17.7 Å². The van der Waals surface area contributed by atoms with Gasteiger partial charge >= 0.3 is 0 Å². The normalized spacial score (nSPS) is 18.9. The van der Waals surface area contributed by atoms with Gasteiger partial charge < -0.3 is 4.90 Å². The predicted octanol–water partition coefficient (Wildman–Crippen LogP) is 4.69. The fraction of sp³-hybridized carbons (Fsp3) is 0.308. The molecular formula is C26H23F3N6O. The third kappa shape index (κ3) is 3.51. The van der Waals surface area contributed by atoms with E-state index in [2.05, 4.69) is 10.2 Å². The Morgan fingerprint density at radius 1 is 1.00 bits per heavy atom. The molecule has 184 valence electrons. The summed E-state index contributed by atoms with van der Waals surface area (Å²) in [6, 6.07) is 7.33. The van der Waals surface area contributed by atoms with Gasteiger partial charge in [0.15, 0.2) is 17.5 Å². The van der Waals surface area contributed by atoms with Gasteiger partial charge in [-0.1, -0.05) is 0 Å². The fourth-order valence-corrected chi connectivity index (χ4v) is 5.72. The van der Waals surface area contributed by atoms with Gasteiger partial charge in [-0.25, -0.2) is 13.2 Å². The van der Waals surface area contributed by atoms with Crippen molar-refractivity contribution >= 4 is 5.91 Å². The molecule has 7 nitrogen and oxygen atoms in total. The van der Waals surface area contributed by atoms with Gasteiger partial charge in [-0.2, -0.15) is 5.10 Å². The number of hydrogen-bond acceptors (Lipinski definition) is 4. The van der Waals surface area contributed by atoms with E-state index in [-0.39, 0.29) is 23.6 Å². The second-order valence-corrected chi connectivity index (χ2v) is 9.53. The van der Waals surface area contributed by atoms with Crippen LogP contribution < -0.4 is 0 Å². The van der Waals surface area contributed by atoms with Crippen LogP contribution >= 0.6 is 0 Å². The lowest BCUT2D eigenvalue weighted by atomic mass is 9.81. The Balaban J connectivity index is 1.41. The highest BCUT2D eigenvalue weighted by molar-refractivity contribution is 5.96. The van der Waals surface area contributed by atoms with Crippen LogP contribution in [0.4, 0.5) is 13.2 Å². The number of carbonyl (C=O) groups excluding carboxylic acids is 1. The number of rotatable bonds is 3. The molecule has 0 unspecified atom stereocenters. The van der Waals surface area contributed by atoms with E-state index < -0.39 is 17.5 Å². The zero-order valence-corrected chi connectivity index (χ0v) is 19.8. The summed E-state index contributed by atoms with van der Waals surface area (Å²) >= 11 is 0. The molecule has 2 atom stereocenters. The highest BCUT2D eigenvalue weighted by atomic mass is 19.2. The zero-order chi connectivity index (χ0) is 25.1. The van der Waals surface area contributed by atoms with Crippen LogP contribution in [0.1, 0.15) is 52.5 Å². The van der Waals surface area contributed by atoms with Crippen LogP contribution in [0.25, 0.3) is 16.9 Å². The molecule has 4 aromatic rings. The van der Waals surface area contributed by atoms with E-state index in [1.807, 2.05) is 30.0 Å². The van der Waals surface area contributed by atoms with Gasteiger partial charge in [0.2, 0.25) is 0 Å². The molecule has 1 fully saturated rings. The van der Waals surface area contributed by atoms with E-state index >= 15 is 0 Å². The number of aromatic nitrogens is 5. The van der Waals surface area contributed by atoms with Crippen molar-refractivity contribution in [1.82, 2.24) is 29.4 Å². The first-order chi connectivity index (χ1) is 17.3. The van der Waals surface area contributed by atoms with E-state index in [1.54, 1.807) is 29.0 Å². The van der Waals surface area contributed by atoms with Gasteiger partial charge in [-0.05, 0) is 68.5 Å². The summed E-state index contributed by atoms with van der Waals surface area (Å²) in [5, 5.41) is 12.4. The Morgan fingerprint density at radius 3 is 2.44 bits per heavy atom. The molecule has 2 aromatic heterocycles. The number of amides is 1. The molecule has 1 saturated heterocycles. The molecule has 0 aliphatic carbocycles. The number of nitrogens with zero attached hydrogens (tertiary/aromatic N) is 6. The van der Waals surface area contributed by atoms with E-state index in [9.17, 15) is 18.0 Å². The fourth-order valence-electron chi connectivity index (χ4n) is 5.72. The van der Waals surface area contributed by atoms with Crippen LogP contribution in [0.2, 0.25) is 0 Å². The Hall–Kier alpha value is -3.95. The van der Waals surface area contributed by atoms with Crippen molar-refractivity contribution in [2.45, 2.75) is 44.7 Å². The number of carbonyl (C=O) groups is 1. The molecule has 0 spiro atoms. The van der Waals surface area contributed by atoms with Crippen molar-refractivity contribution in [1.29, 1.82) is 0 Å². The Kier molecular flexibility index (Phi) is 5.20. The largest absolute Gasteiger partial charge is 0.327 e. The molecule has 2 aliphatic heterocycles. The van der Waals surface area contributed by atoms with Crippen LogP contribution in [0, 0.1) is 24.4 Å². The number of piperidine rings is 1. The van der Waals surface area contributed by atoms with Gasteiger partial charge in [-0.15, -0.1) is 10.2 Å². The Bertz CT molecular complexity index is 1470. The lowest BCUT2D eigenvalue weighted by molar-refractivity contribution is 0.0391. The highest BCUT2D eigenvalue weighted by Crippen LogP contribution is 2.45. The summed E-state index contributed by atoms with van der Waals surface area (Å²) in [6.45, 7) is 1.94. The third-order valence-electron chi connectivity index (χ3n) is 7.19. The van der Waals surface area contributed by atoms with Crippen molar-refractivity contribution in [3.63, 3.8) is 0 Å². The maximum absolute atomic E-state index is 14.0. The van der Waals surface area contributed by atoms with Crippen molar-refractivity contribution in [2.24, 2.45) is 7.05 Å². The molecule has 2 bridgehead atoms. The first kappa shape index (κ1) is 22.5. The van der Waals surface area contributed by atoms with E-state index in [0.717, 1.165) is 53.9 Å². The van der Waals surface area contributed by atoms with Crippen LogP contribution in [0.5, 0.6) is 0 Å². The summed E-state index contributed by atoms with van der Waals surface area (Å²) < 4.78 is 45.0. The van der Waals surface area contributed by atoms with Crippen molar-refractivity contribution in [3.8, 4) is 16.9 Å². The second kappa shape index (κ2) is 8.32. The quantitative estimate of drug-likeness (QED) is 0.390. The number of fused-ring (bicyclic) bond motifs is 4. The smallest absolute Gasteiger partial charge is 0.254 e. The first-order valence-electron chi connectivity index (χ1n) is 11.8. The van der Waals surface area contributed by atoms with Crippen molar-refractivity contribution in [2.75, 3.05) is 0 Å². The zero-order valence-electron chi connectivity index (χ0n) is 19.8. The summed E-state index contributed by atoms with van der Waals surface area (Å²) in [7, 11) is 1.70. The maximum Gasteiger partial charge on any atom is 0.254 e. The molecule has 0 N–H and O–H groups in total. The molecule has 1 amide bonds. The summed E-state index contributed by atoms with van der Waals surface area (Å²) in [5.41, 5.74) is 4.68. The lowest BCUT2D eigenvalue weighted by Gasteiger charge is -2.45. The molecule has 10 heteroatoms. The molecule has 2 aromatic carbocycles.